The predicted octanol–water partition coefficient (Wildman–Crippen LogP) is 5.03. The number of fused-ring (bicyclic) bond motifs is 1. The number of carbonyl (C=O) groups is 1. The van der Waals surface area contributed by atoms with Crippen LogP contribution in [0.4, 0.5) is 8.78 Å². The average Bonchev–Trinajstić information content (AvgIpc) is 3.38. The number of hydrogen-bond acceptors (Lipinski definition) is 6. The molecule has 5 N–H and O–H groups in total. The van der Waals surface area contributed by atoms with Crippen molar-refractivity contribution in [3.8, 4) is 11.5 Å². The molecule has 9 nitrogen and oxygen atoms in total. The third-order valence-electron chi connectivity index (χ3n) is 4.70. The molecule has 39 heavy (non-hydrogen) atoms. The topological polar surface area (TPSA) is 143 Å². The number of primary amides is 1. The molecule has 1 amide bonds. The van der Waals surface area contributed by atoms with Crippen LogP contribution in [0.3, 0.4) is 0 Å². The summed E-state index contributed by atoms with van der Waals surface area (Å²) in [5, 5.41) is 18.3. The Bertz CT molecular complexity index is 1030. The first-order valence-corrected chi connectivity index (χ1v) is 13.5. The maximum absolute atomic E-state index is 13.4. The summed E-state index contributed by atoms with van der Waals surface area (Å²) in [5.74, 6) is -0.551. The second-order valence-electron chi connectivity index (χ2n) is 8.33. The molecule has 2 atom stereocenters. The molecule has 230 valence electrons. The summed E-state index contributed by atoms with van der Waals surface area (Å²) in [7, 11) is -1.54. The van der Waals surface area contributed by atoms with Crippen molar-refractivity contribution in [2.75, 3.05) is 0 Å². The van der Waals surface area contributed by atoms with E-state index in [1.54, 1.807) is 19.2 Å². The monoisotopic (exact) mass is 626 g/mol. The van der Waals surface area contributed by atoms with Gasteiger partial charge in [-0.05, 0) is 42.0 Å². The summed E-state index contributed by atoms with van der Waals surface area (Å²) in [6.45, 7) is 17.6. The summed E-state index contributed by atoms with van der Waals surface area (Å²) in [5.41, 5.74) is 7.30. The van der Waals surface area contributed by atoms with Crippen LogP contribution in [0.15, 0.2) is 23.4 Å². The van der Waals surface area contributed by atoms with Crippen molar-refractivity contribution in [2.45, 2.75) is 105 Å². The van der Waals surface area contributed by atoms with Crippen LogP contribution in [-0.4, -0.2) is 37.4 Å². The zero-order valence-corrected chi connectivity index (χ0v) is 26.2. The van der Waals surface area contributed by atoms with E-state index in [9.17, 15) is 17.8 Å². The average molecular weight is 627 g/mol. The molecule has 0 fully saturated rings. The van der Waals surface area contributed by atoms with Crippen LogP contribution >= 0.6 is 0 Å². The number of carbonyl (C=O) groups excluding carboxylic acids is 1. The molecule has 13 heteroatoms. The minimum Gasteiger partial charge on any atom is -0.395 e. The van der Waals surface area contributed by atoms with Gasteiger partial charge < -0.3 is 27.7 Å². The van der Waals surface area contributed by atoms with Crippen molar-refractivity contribution < 1.29 is 49.4 Å². The van der Waals surface area contributed by atoms with Gasteiger partial charge in [0.05, 0.1) is 19.1 Å². The van der Waals surface area contributed by atoms with Crippen LogP contribution in [0.5, 0.6) is 11.5 Å². The van der Waals surface area contributed by atoms with Crippen LogP contribution in [0.25, 0.3) is 0 Å². The number of amides is 1. The van der Waals surface area contributed by atoms with Crippen LogP contribution < -0.4 is 20.3 Å². The van der Waals surface area contributed by atoms with Crippen molar-refractivity contribution in [2.24, 2.45) is 10.9 Å². The van der Waals surface area contributed by atoms with Crippen molar-refractivity contribution in [1.82, 2.24) is 9.78 Å². The van der Waals surface area contributed by atoms with Crippen molar-refractivity contribution in [3.05, 3.63) is 42.4 Å². The number of nitrogens with zero attached hydrogens (tertiary/aromatic N) is 2. The van der Waals surface area contributed by atoms with Crippen LogP contribution in [0.1, 0.15) is 90.8 Å². The van der Waals surface area contributed by atoms with E-state index < -0.39 is 29.3 Å². The Hall–Kier alpha value is -2.05. The third-order valence-corrected chi connectivity index (χ3v) is 5.33. The number of aromatic nitrogens is 2. The first-order valence-electron chi connectivity index (χ1n) is 12.3. The molecule has 0 bridgehead atoms. The Morgan fingerprint density at radius 1 is 1.13 bits per heavy atom. The maximum Gasteiger partial charge on any atom is 1.00 e. The van der Waals surface area contributed by atoms with E-state index in [1.165, 1.54) is 10.7 Å². The van der Waals surface area contributed by atoms with Gasteiger partial charge in [0, 0.05) is 11.8 Å². The molecule has 0 saturated carbocycles. The molecule has 2 aromatic rings. The van der Waals surface area contributed by atoms with E-state index in [1.807, 2.05) is 55.4 Å². The molecule has 0 aliphatic carbocycles. The summed E-state index contributed by atoms with van der Waals surface area (Å²) < 4.78 is 48.1. The normalized spacial score (nSPS) is 13.7. The van der Waals surface area contributed by atoms with E-state index >= 15 is 0 Å². The number of alkyl halides is 2. The molecule has 1 aromatic carbocycles. The van der Waals surface area contributed by atoms with Crippen LogP contribution in [0.2, 0.25) is 0 Å². The molecule has 2 heterocycles. The number of halogens is 2. The second-order valence-corrected chi connectivity index (χ2v) is 9.34. The van der Waals surface area contributed by atoms with Crippen molar-refractivity contribution in [1.29, 1.82) is 0 Å². The molecule has 2 unspecified atom stereocenters. The summed E-state index contributed by atoms with van der Waals surface area (Å²) in [4.78, 5) is 11.3. The fraction of sp³-hybridized carbons (Fsp3) is 0.577. The van der Waals surface area contributed by atoms with E-state index in [0.29, 0.717) is 22.7 Å². The van der Waals surface area contributed by atoms with Crippen molar-refractivity contribution >= 4 is 16.9 Å². The second kappa shape index (κ2) is 19.1. The summed E-state index contributed by atoms with van der Waals surface area (Å²) >= 11 is 0. The zero-order valence-electron chi connectivity index (χ0n) is 24.5. The molecule has 1 aliphatic rings. The number of nitrogens with two attached hydrogens (primary N) is 2. The van der Waals surface area contributed by atoms with Gasteiger partial charge in [0.2, 0.25) is 5.91 Å². The zero-order chi connectivity index (χ0) is 29.1. The first-order chi connectivity index (χ1) is 17.2. The number of benzene rings is 1. The molecular formula is C26H45CuF2N4O5S. The van der Waals surface area contributed by atoms with Gasteiger partial charge in [-0.1, -0.05) is 55.4 Å². The van der Waals surface area contributed by atoms with Crippen molar-refractivity contribution in [3.63, 3.8) is 0 Å². The fourth-order valence-electron chi connectivity index (χ4n) is 3.49. The number of aliphatic hydroxyl groups excluding tert-OH is 1. The van der Waals surface area contributed by atoms with Crippen LogP contribution in [-0.2, 0) is 45.8 Å². The number of hydrogen-bond donors (Lipinski definition) is 3. The number of aliphatic hydroxyl groups is 1. The van der Waals surface area contributed by atoms with Gasteiger partial charge in [-0.3, -0.25) is 9.48 Å². The number of ether oxygens (including phenoxy) is 2. The van der Waals surface area contributed by atoms with E-state index in [-0.39, 0.29) is 54.3 Å². The molecule has 0 spiro atoms. The van der Waals surface area contributed by atoms with E-state index in [2.05, 4.69) is 14.6 Å². The quantitative estimate of drug-likeness (QED) is 0.291. The van der Waals surface area contributed by atoms with Gasteiger partial charge in [-0.25, -0.2) is 9.35 Å². The van der Waals surface area contributed by atoms with Gasteiger partial charge in [-0.15, -0.1) is 8.78 Å². The molecule has 1 aliphatic heterocycles. The minimum atomic E-state index is -3.68. The van der Waals surface area contributed by atoms with Gasteiger partial charge in [0.25, 0.3) is 0 Å². The maximum atomic E-state index is 13.4. The van der Waals surface area contributed by atoms with Crippen LogP contribution in [0, 0.1) is 7.43 Å². The standard InChI is InChI=1S/C15H19F2NO3.C6H11N3O2S.2C2H6.CH3.Cu/c1-7(2)9-5-11-14(21-15(16,17)20-11)13(8(3)4)10(9)6-12(18)19;1-5(10)4-9-3-2-6(8-9)12(7)11;2*1-2;;/h5,7-8H,6H2,1-4H3,(H2,18,19);2-3,5,10H,4,7H2,1H3;2*1-2H3;1H3;/q;;;;-1;+1. The third kappa shape index (κ3) is 12.8. The summed E-state index contributed by atoms with van der Waals surface area (Å²) in [6.07, 6.45) is -2.52. The van der Waals surface area contributed by atoms with Gasteiger partial charge >= 0.3 is 23.4 Å². The largest absolute Gasteiger partial charge is 1.00 e. The fourth-order valence-corrected chi connectivity index (χ4v) is 3.87. The van der Waals surface area contributed by atoms with Gasteiger partial charge in [0.15, 0.2) is 16.5 Å². The molecule has 0 radical (unpaired) electrons. The predicted molar refractivity (Wildman–Crippen MR) is 147 cm³/mol. The van der Waals surface area contributed by atoms with Gasteiger partial charge in [-0.2, -0.15) is 5.10 Å². The Balaban J connectivity index is -0.000000619. The number of rotatable bonds is 7. The summed E-state index contributed by atoms with van der Waals surface area (Å²) in [6, 6.07) is 3.09. The molecule has 3 rings (SSSR count). The Morgan fingerprint density at radius 2 is 1.67 bits per heavy atom. The molecular weight excluding hydrogens is 582 g/mol. The minimum absolute atomic E-state index is 0. The Labute approximate surface area is 245 Å². The first kappa shape index (κ1) is 41.4. The SMILES string of the molecule is CC.CC.CC(C)c1cc2c(c(C(C)C)c1CC(N)=O)OC(F)(F)O2.CC(O)Cn1ccc(S(N)=O)n1.[CH3-].[Cu+]. The molecule has 1 aromatic heterocycles. The Morgan fingerprint density at radius 3 is 2.05 bits per heavy atom. The van der Waals surface area contributed by atoms with E-state index in [0.717, 1.165) is 5.56 Å². The van der Waals surface area contributed by atoms with E-state index in [4.69, 9.17) is 16.0 Å². The van der Waals surface area contributed by atoms with Gasteiger partial charge in [0.1, 0.15) is 11.0 Å². The Kier molecular flexibility index (Phi) is 20.3. The molecule has 0 saturated heterocycles. The smallest absolute Gasteiger partial charge is 0.395 e.